The summed E-state index contributed by atoms with van der Waals surface area (Å²) in [6, 6.07) is 4.77. The van der Waals surface area contributed by atoms with E-state index in [1.54, 1.807) is 6.07 Å². The van der Waals surface area contributed by atoms with Crippen molar-refractivity contribution in [3.63, 3.8) is 0 Å². The number of nitro groups is 1. The Hall–Kier alpha value is -1.95. The van der Waals surface area contributed by atoms with Gasteiger partial charge in [0.15, 0.2) is 0 Å². The van der Waals surface area contributed by atoms with E-state index < -0.39 is 10.9 Å². The van der Waals surface area contributed by atoms with Gasteiger partial charge in [-0.25, -0.2) is 4.79 Å². The van der Waals surface area contributed by atoms with E-state index >= 15 is 0 Å². The van der Waals surface area contributed by atoms with Gasteiger partial charge in [0.1, 0.15) is 5.56 Å². The van der Waals surface area contributed by atoms with Crippen LogP contribution < -0.4 is 5.32 Å². The highest BCUT2D eigenvalue weighted by atomic mass is 16.6. The molecule has 20 heavy (non-hydrogen) atoms. The first-order chi connectivity index (χ1) is 9.59. The molecule has 6 heteroatoms. The Morgan fingerprint density at radius 2 is 2.05 bits per heavy atom. The van der Waals surface area contributed by atoms with Crippen molar-refractivity contribution >= 4 is 11.7 Å². The quantitative estimate of drug-likeness (QED) is 0.638. The van der Waals surface area contributed by atoms with E-state index in [1.807, 2.05) is 0 Å². The molecule has 6 nitrogen and oxygen atoms in total. The number of nitrogens with one attached hydrogen (secondary N) is 1. The summed E-state index contributed by atoms with van der Waals surface area (Å²) in [5, 5.41) is 23.4. The van der Waals surface area contributed by atoms with Crippen LogP contribution >= 0.6 is 0 Å². The van der Waals surface area contributed by atoms with Gasteiger partial charge in [0.25, 0.3) is 5.69 Å². The van der Waals surface area contributed by atoms with Crippen LogP contribution in [-0.4, -0.2) is 22.0 Å². The van der Waals surface area contributed by atoms with Crippen molar-refractivity contribution in [2.24, 2.45) is 0 Å². The summed E-state index contributed by atoms with van der Waals surface area (Å²) in [7, 11) is 0. The summed E-state index contributed by atoms with van der Waals surface area (Å²) in [5.74, 6) is -1.25. The van der Waals surface area contributed by atoms with Gasteiger partial charge in [-0.05, 0) is 18.4 Å². The van der Waals surface area contributed by atoms with Gasteiger partial charge < -0.3 is 10.4 Å². The predicted octanol–water partition coefficient (Wildman–Crippen LogP) is 2.72. The maximum Gasteiger partial charge on any atom is 0.343 e. The summed E-state index contributed by atoms with van der Waals surface area (Å²) >= 11 is 0. The Morgan fingerprint density at radius 3 is 2.65 bits per heavy atom. The Kier molecular flexibility index (Phi) is 4.68. The molecule has 0 aliphatic heterocycles. The Bertz CT molecular complexity index is 510. The fourth-order valence-electron chi connectivity index (χ4n) is 2.69. The van der Waals surface area contributed by atoms with Gasteiger partial charge in [-0.3, -0.25) is 10.1 Å². The van der Waals surface area contributed by atoms with E-state index in [-0.39, 0.29) is 11.3 Å². The minimum Gasteiger partial charge on any atom is -0.477 e. The van der Waals surface area contributed by atoms with Crippen molar-refractivity contribution < 1.29 is 14.8 Å². The highest BCUT2D eigenvalue weighted by Crippen LogP contribution is 2.23. The monoisotopic (exact) mass is 278 g/mol. The van der Waals surface area contributed by atoms with Gasteiger partial charge in [-0.1, -0.05) is 31.4 Å². The fraction of sp³-hybridized carbons (Fsp3) is 0.500. The van der Waals surface area contributed by atoms with Crippen molar-refractivity contribution in [2.45, 2.75) is 44.7 Å². The minimum absolute atomic E-state index is 0.208. The molecular weight excluding hydrogens is 260 g/mol. The van der Waals surface area contributed by atoms with E-state index in [2.05, 4.69) is 5.32 Å². The van der Waals surface area contributed by atoms with E-state index in [0.717, 1.165) is 12.8 Å². The molecule has 0 bridgehead atoms. The smallest absolute Gasteiger partial charge is 0.343 e. The molecule has 0 radical (unpaired) electrons. The number of hydrogen-bond acceptors (Lipinski definition) is 4. The van der Waals surface area contributed by atoms with Crippen LogP contribution in [0, 0.1) is 10.1 Å². The number of rotatable bonds is 5. The normalized spacial score (nSPS) is 16.0. The van der Waals surface area contributed by atoms with E-state index in [4.69, 9.17) is 0 Å². The molecule has 1 saturated carbocycles. The van der Waals surface area contributed by atoms with Gasteiger partial charge in [-0.15, -0.1) is 0 Å². The second-order valence-corrected chi connectivity index (χ2v) is 5.09. The van der Waals surface area contributed by atoms with Gasteiger partial charge in [0, 0.05) is 18.7 Å². The van der Waals surface area contributed by atoms with Gasteiger partial charge >= 0.3 is 5.97 Å². The van der Waals surface area contributed by atoms with Crippen molar-refractivity contribution in [3.05, 3.63) is 39.4 Å². The predicted molar refractivity (Wildman–Crippen MR) is 73.8 cm³/mol. The van der Waals surface area contributed by atoms with Crippen molar-refractivity contribution in [3.8, 4) is 0 Å². The zero-order valence-electron chi connectivity index (χ0n) is 11.2. The minimum atomic E-state index is -1.25. The van der Waals surface area contributed by atoms with Crippen LogP contribution in [0.1, 0.15) is 48.0 Å². The summed E-state index contributed by atoms with van der Waals surface area (Å²) in [6.07, 6.45) is 5.76. The zero-order chi connectivity index (χ0) is 14.5. The number of carbonyl (C=O) groups is 1. The van der Waals surface area contributed by atoms with Crippen LogP contribution in [0.2, 0.25) is 0 Å². The number of hydrogen-bond donors (Lipinski definition) is 2. The number of nitro benzene ring substituents is 1. The van der Waals surface area contributed by atoms with E-state index in [0.29, 0.717) is 18.2 Å². The average molecular weight is 278 g/mol. The lowest BCUT2D eigenvalue weighted by atomic mass is 9.95. The summed E-state index contributed by atoms with van der Waals surface area (Å²) in [4.78, 5) is 21.5. The lowest BCUT2D eigenvalue weighted by Crippen LogP contribution is -2.31. The van der Waals surface area contributed by atoms with Crippen LogP contribution in [0.5, 0.6) is 0 Å². The molecular formula is C14H18N2O4. The molecule has 2 rings (SSSR count). The van der Waals surface area contributed by atoms with E-state index in [9.17, 15) is 20.0 Å². The van der Waals surface area contributed by atoms with Crippen LogP contribution in [0.15, 0.2) is 18.2 Å². The lowest BCUT2D eigenvalue weighted by molar-refractivity contribution is -0.385. The third-order valence-corrected chi connectivity index (χ3v) is 3.73. The van der Waals surface area contributed by atoms with E-state index in [1.165, 1.54) is 31.4 Å². The third-order valence-electron chi connectivity index (χ3n) is 3.73. The second kappa shape index (κ2) is 6.47. The molecule has 0 atom stereocenters. The molecule has 2 N–H and O–H groups in total. The van der Waals surface area contributed by atoms with Gasteiger partial charge in [0.2, 0.25) is 0 Å². The third kappa shape index (κ3) is 3.33. The SMILES string of the molecule is O=C(O)c1c(CNC2CCCCC2)cccc1[N+](=O)[O-]. The maximum atomic E-state index is 11.3. The Balaban J connectivity index is 2.16. The lowest BCUT2D eigenvalue weighted by Gasteiger charge is -2.23. The number of carboxylic acid groups (broad SMARTS) is 1. The van der Waals surface area contributed by atoms with Crippen LogP contribution in [0.3, 0.4) is 0 Å². The summed E-state index contributed by atoms with van der Waals surface area (Å²) < 4.78 is 0. The number of benzene rings is 1. The summed E-state index contributed by atoms with van der Waals surface area (Å²) in [5.41, 5.74) is -0.0847. The van der Waals surface area contributed by atoms with Crippen LogP contribution in [0.25, 0.3) is 0 Å². The molecule has 1 aromatic carbocycles. The molecule has 0 saturated heterocycles. The molecule has 0 heterocycles. The molecule has 0 aromatic heterocycles. The van der Waals surface area contributed by atoms with Crippen molar-refractivity contribution in [1.82, 2.24) is 5.32 Å². The van der Waals surface area contributed by atoms with Crippen molar-refractivity contribution in [1.29, 1.82) is 0 Å². The molecule has 1 aliphatic carbocycles. The first kappa shape index (κ1) is 14.5. The number of nitrogens with zero attached hydrogens (tertiary/aromatic N) is 1. The molecule has 0 amide bonds. The zero-order valence-corrected chi connectivity index (χ0v) is 11.2. The standard InChI is InChI=1S/C14H18N2O4/c17-14(18)13-10(5-4-8-12(13)16(19)20)9-15-11-6-2-1-3-7-11/h4-5,8,11,15H,1-3,6-7,9H2,(H,17,18). The molecule has 108 valence electrons. The largest absolute Gasteiger partial charge is 0.477 e. The summed E-state index contributed by atoms with van der Waals surface area (Å²) in [6.45, 7) is 0.355. The second-order valence-electron chi connectivity index (χ2n) is 5.09. The van der Waals surface area contributed by atoms with Crippen molar-refractivity contribution in [2.75, 3.05) is 0 Å². The van der Waals surface area contributed by atoms with Crippen LogP contribution in [0.4, 0.5) is 5.69 Å². The highest BCUT2D eigenvalue weighted by molar-refractivity contribution is 5.94. The molecule has 0 unspecified atom stereocenters. The first-order valence-corrected chi connectivity index (χ1v) is 6.82. The first-order valence-electron chi connectivity index (χ1n) is 6.82. The Labute approximate surface area is 117 Å². The molecule has 1 fully saturated rings. The fourth-order valence-corrected chi connectivity index (χ4v) is 2.69. The molecule has 1 aromatic rings. The molecule has 0 spiro atoms. The van der Waals surface area contributed by atoms with Gasteiger partial charge in [-0.2, -0.15) is 0 Å². The topological polar surface area (TPSA) is 92.5 Å². The molecule has 1 aliphatic rings. The van der Waals surface area contributed by atoms with Gasteiger partial charge in [0.05, 0.1) is 4.92 Å². The average Bonchev–Trinajstić information content (AvgIpc) is 2.45. The van der Waals surface area contributed by atoms with Crippen LogP contribution in [-0.2, 0) is 6.54 Å². The highest BCUT2D eigenvalue weighted by Gasteiger charge is 2.23. The maximum absolute atomic E-state index is 11.3. The number of carboxylic acids is 1. The number of aromatic carboxylic acids is 1. The Morgan fingerprint density at radius 1 is 1.35 bits per heavy atom.